The molecule has 4 heteroatoms. The molecule has 0 radical (unpaired) electrons. The van der Waals surface area contributed by atoms with Crippen LogP contribution in [0, 0.1) is 11.3 Å². The van der Waals surface area contributed by atoms with E-state index in [4.69, 9.17) is 16.9 Å². The Bertz CT molecular complexity index is 249. The summed E-state index contributed by atoms with van der Waals surface area (Å²) in [5.41, 5.74) is 0.820. The van der Waals surface area contributed by atoms with E-state index in [2.05, 4.69) is 9.97 Å². The summed E-state index contributed by atoms with van der Waals surface area (Å²) >= 11 is 5.46. The Morgan fingerprint density at radius 3 is 2.50 bits per heavy atom. The maximum atomic E-state index is 8.29. The third-order valence-corrected chi connectivity index (χ3v) is 1.27. The molecule has 0 aliphatic heterocycles. The van der Waals surface area contributed by atoms with Crippen molar-refractivity contribution in [3.8, 4) is 6.07 Å². The van der Waals surface area contributed by atoms with Crippen LogP contribution < -0.4 is 0 Å². The third-order valence-electron chi connectivity index (χ3n) is 0.960. The molecule has 0 atom stereocenters. The molecule has 1 aromatic rings. The van der Waals surface area contributed by atoms with Crippen LogP contribution in [0.25, 0.3) is 0 Å². The number of aromatic nitrogens is 2. The quantitative estimate of drug-likeness (QED) is 0.568. The second kappa shape index (κ2) is 3.14. The molecule has 0 aliphatic carbocycles. The lowest BCUT2D eigenvalue weighted by molar-refractivity contribution is 1.08. The van der Waals surface area contributed by atoms with Gasteiger partial charge in [-0.25, -0.2) is 9.97 Å². The highest BCUT2D eigenvalue weighted by molar-refractivity contribution is 6.17. The standard InChI is InChI=1S/C6H4ClN3/c7-1-5-3-9-6(2-8)10-4-5/h3-4H,1H2. The highest BCUT2D eigenvalue weighted by atomic mass is 35.5. The predicted octanol–water partition coefficient (Wildman–Crippen LogP) is 1.09. The molecule has 0 saturated heterocycles. The zero-order valence-electron chi connectivity index (χ0n) is 5.08. The van der Waals surface area contributed by atoms with E-state index in [1.165, 1.54) is 0 Å². The lowest BCUT2D eigenvalue weighted by Gasteiger charge is -1.90. The molecule has 0 spiro atoms. The predicted molar refractivity (Wildman–Crippen MR) is 36.3 cm³/mol. The second-order valence-corrected chi connectivity index (χ2v) is 1.93. The molecule has 0 saturated carbocycles. The van der Waals surface area contributed by atoms with Gasteiger partial charge in [0.25, 0.3) is 0 Å². The third kappa shape index (κ3) is 1.42. The normalized spacial score (nSPS) is 8.80. The summed E-state index contributed by atoms with van der Waals surface area (Å²) in [7, 11) is 0. The molecule has 0 aromatic carbocycles. The fourth-order valence-electron chi connectivity index (χ4n) is 0.482. The zero-order valence-corrected chi connectivity index (χ0v) is 5.84. The molecule has 3 nitrogen and oxygen atoms in total. The Hall–Kier alpha value is -1.14. The number of halogens is 1. The fourth-order valence-corrected chi connectivity index (χ4v) is 0.620. The van der Waals surface area contributed by atoms with Gasteiger partial charge in [-0.05, 0) is 0 Å². The van der Waals surface area contributed by atoms with Gasteiger partial charge in [-0.1, -0.05) is 0 Å². The molecular formula is C6H4ClN3. The van der Waals surface area contributed by atoms with Crippen LogP contribution in [-0.4, -0.2) is 9.97 Å². The average molecular weight is 154 g/mol. The molecule has 0 N–H and O–H groups in total. The van der Waals surface area contributed by atoms with Crippen molar-refractivity contribution < 1.29 is 0 Å². The molecule has 10 heavy (non-hydrogen) atoms. The summed E-state index contributed by atoms with van der Waals surface area (Å²) in [5, 5.41) is 8.29. The summed E-state index contributed by atoms with van der Waals surface area (Å²) in [4.78, 5) is 7.42. The zero-order chi connectivity index (χ0) is 7.40. The van der Waals surface area contributed by atoms with Gasteiger partial charge in [-0.2, -0.15) is 5.26 Å². The van der Waals surface area contributed by atoms with Crippen molar-refractivity contribution >= 4 is 11.6 Å². The minimum absolute atomic E-state index is 0.175. The fraction of sp³-hybridized carbons (Fsp3) is 0.167. The van der Waals surface area contributed by atoms with Crippen LogP contribution >= 0.6 is 11.6 Å². The van der Waals surface area contributed by atoms with E-state index in [9.17, 15) is 0 Å². The Morgan fingerprint density at radius 1 is 1.50 bits per heavy atom. The first-order chi connectivity index (χ1) is 4.86. The molecule has 1 aromatic heterocycles. The van der Waals surface area contributed by atoms with Gasteiger partial charge in [0.1, 0.15) is 6.07 Å². The molecule has 0 bridgehead atoms. The first-order valence-corrected chi connectivity index (χ1v) is 3.17. The Labute approximate surface area is 63.3 Å². The maximum absolute atomic E-state index is 8.29. The lowest BCUT2D eigenvalue weighted by atomic mass is 10.4. The van der Waals surface area contributed by atoms with Crippen molar-refractivity contribution in [1.82, 2.24) is 9.97 Å². The van der Waals surface area contributed by atoms with Gasteiger partial charge >= 0.3 is 0 Å². The molecule has 1 heterocycles. The summed E-state index contributed by atoms with van der Waals surface area (Å²) < 4.78 is 0. The molecular weight excluding hydrogens is 150 g/mol. The topological polar surface area (TPSA) is 49.6 Å². The minimum atomic E-state index is 0.175. The number of rotatable bonds is 1. The Morgan fingerprint density at radius 2 is 2.10 bits per heavy atom. The number of nitriles is 1. The first-order valence-electron chi connectivity index (χ1n) is 2.64. The average Bonchev–Trinajstić information content (AvgIpc) is 2.05. The summed E-state index contributed by atoms with van der Waals surface area (Å²) in [5.74, 6) is 0.556. The van der Waals surface area contributed by atoms with Gasteiger partial charge in [0.05, 0.1) is 5.88 Å². The van der Waals surface area contributed by atoms with Crippen LogP contribution in [0.2, 0.25) is 0 Å². The SMILES string of the molecule is N#Cc1ncc(CCl)cn1. The van der Waals surface area contributed by atoms with E-state index in [0.717, 1.165) is 5.56 Å². The van der Waals surface area contributed by atoms with E-state index >= 15 is 0 Å². The monoisotopic (exact) mass is 153 g/mol. The summed E-state index contributed by atoms with van der Waals surface area (Å²) in [6.07, 6.45) is 3.08. The van der Waals surface area contributed by atoms with Crippen LogP contribution in [0.5, 0.6) is 0 Å². The number of hydrogen-bond acceptors (Lipinski definition) is 3. The van der Waals surface area contributed by atoms with Gasteiger partial charge in [-0.3, -0.25) is 0 Å². The molecule has 0 aliphatic rings. The lowest BCUT2D eigenvalue weighted by Crippen LogP contribution is -1.89. The van der Waals surface area contributed by atoms with Crippen LogP contribution in [-0.2, 0) is 5.88 Å². The van der Waals surface area contributed by atoms with E-state index in [1.54, 1.807) is 12.4 Å². The van der Waals surface area contributed by atoms with Crippen molar-refractivity contribution in [1.29, 1.82) is 5.26 Å². The summed E-state index contributed by atoms with van der Waals surface area (Å²) in [6.45, 7) is 0. The highest BCUT2D eigenvalue weighted by Crippen LogP contribution is 1.98. The van der Waals surface area contributed by atoms with Gasteiger partial charge in [0.15, 0.2) is 0 Å². The van der Waals surface area contributed by atoms with Crippen molar-refractivity contribution in [3.05, 3.63) is 23.8 Å². The van der Waals surface area contributed by atoms with Crippen molar-refractivity contribution in [2.24, 2.45) is 0 Å². The summed E-state index contributed by atoms with van der Waals surface area (Å²) in [6, 6.07) is 1.81. The number of nitrogens with zero attached hydrogens (tertiary/aromatic N) is 3. The molecule has 50 valence electrons. The smallest absolute Gasteiger partial charge is 0.227 e. The van der Waals surface area contributed by atoms with Gasteiger partial charge in [0, 0.05) is 18.0 Å². The van der Waals surface area contributed by atoms with E-state index in [-0.39, 0.29) is 5.82 Å². The molecule has 0 unspecified atom stereocenters. The molecule has 0 fully saturated rings. The first kappa shape index (κ1) is 6.97. The van der Waals surface area contributed by atoms with E-state index < -0.39 is 0 Å². The molecule has 0 amide bonds. The van der Waals surface area contributed by atoms with Gasteiger partial charge < -0.3 is 0 Å². The Kier molecular flexibility index (Phi) is 2.19. The van der Waals surface area contributed by atoms with Crippen molar-refractivity contribution in [2.45, 2.75) is 5.88 Å². The number of alkyl halides is 1. The minimum Gasteiger partial charge on any atom is -0.227 e. The van der Waals surface area contributed by atoms with E-state index in [1.807, 2.05) is 6.07 Å². The Balaban J connectivity index is 2.93. The second-order valence-electron chi connectivity index (χ2n) is 1.66. The van der Waals surface area contributed by atoms with Crippen molar-refractivity contribution in [2.75, 3.05) is 0 Å². The number of hydrogen-bond donors (Lipinski definition) is 0. The van der Waals surface area contributed by atoms with Crippen LogP contribution in [0.1, 0.15) is 11.4 Å². The van der Waals surface area contributed by atoms with E-state index in [0.29, 0.717) is 5.88 Å². The largest absolute Gasteiger partial charge is 0.232 e. The van der Waals surface area contributed by atoms with Gasteiger partial charge in [0.2, 0.25) is 5.82 Å². The van der Waals surface area contributed by atoms with Crippen molar-refractivity contribution in [3.63, 3.8) is 0 Å². The highest BCUT2D eigenvalue weighted by Gasteiger charge is 1.92. The molecule has 1 rings (SSSR count). The van der Waals surface area contributed by atoms with Crippen LogP contribution in [0.15, 0.2) is 12.4 Å². The van der Waals surface area contributed by atoms with Gasteiger partial charge in [-0.15, -0.1) is 11.6 Å². The maximum Gasteiger partial charge on any atom is 0.232 e. The van der Waals surface area contributed by atoms with Crippen LogP contribution in [0.4, 0.5) is 0 Å². The van der Waals surface area contributed by atoms with Crippen LogP contribution in [0.3, 0.4) is 0 Å².